The number of carbonyl (C=O) groups is 3. The molecule has 4 N–H and O–H groups in total. The van der Waals surface area contributed by atoms with Crippen molar-refractivity contribution in [2.45, 2.75) is 13.0 Å². The molecule has 0 spiro atoms. The third-order valence-electron chi connectivity index (χ3n) is 2.30. The zero-order valence-corrected chi connectivity index (χ0v) is 10.2. The van der Waals surface area contributed by atoms with E-state index >= 15 is 0 Å². The Bertz CT molecular complexity index is 442. The minimum atomic E-state index is -1.28. The predicted molar refractivity (Wildman–Crippen MR) is 62.4 cm³/mol. The van der Waals surface area contributed by atoms with Gasteiger partial charge in [-0.25, -0.2) is 4.79 Å². The molecule has 1 unspecified atom stereocenters. The van der Waals surface area contributed by atoms with Crippen LogP contribution in [0.15, 0.2) is 12.4 Å². The lowest BCUT2D eigenvalue weighted by molar-refractivity contribution is -0.140. The van der Waals surface area contributed by atoms with Crippen LogP contribution < -0.4 is 5.32 Å². The summed E-state index contributed by atoms with van der Waals surface area (Å²) in [7, 11) is 0. The monoisotopic (exact) mass is 270 g/mol. The van der Waals surface area contributed by atoms with Crippen molar-refractivity contribution in [3.05, 3.63) is 18.0 Å². The van der Waals surface area contributed by atoms with Crippen molar-refractivity contribution in [2.24, 2.45) is 0 Å². The number of H-pyrrole nitrogens is 1. The zero-order valence-electron chi connectivity index (χ0n) is 10.2. The summed E-state index contributed by atoms with van der Waals surface area (Å²) in [4.78, 5) is 33.6. The van der Waals surface area contributed by atoms with Crippen LogP contribution in [0.1, 0.15) is 18.5 Å². The number of hydrogen-bond donors (Lipinski definition) is 4. The first-order valence-corrected chi connectivity index (χ1v) is 5.38. The Kier molecular flexibility index (Phi) is 4.86. The molecule has 19 heavy (non-hydrogen) atoms. The lowest BCUT2D eigenvalue weighted by Crippen LogP contribution is -2.45. The molecule has 0 saturated carbocycles. The molecule has 1 heterocycles. The molecule has 0 aliphatic rings. The summed E-state index contributed by atoms with van der Waals surface area (Å²) in [6.07, 6.45) is 3.08. The molecule has 1 atom stereocenters. The largest absolute Gasteiger partial charge is 0.480 e. The molecule has 0 aliphatic carbocycles. The maximum absolute atomic E-state index is 11.8. The standard InChI is InChI=1S/C10H14N4O5/c1-6(7-2-11-12-3-7)13-10(19)14(4-8(15)16)5-9(17)18/h2-3,6H,4-5H2,1H3,(H,11,12)(H,13,19)(H,15,16)(H,17,18). The fourth-order valence-electron chi connectivity index (χ4n) is 1.38. The van der Waals surface area contributed by atoms with E-state index in [1.165, 1.54) is 6.20 Å². The van der Waals surface area contributed by atoms with E-state index in [0.717, 1.165) is 0 Å². The Hall–Kier alpha value is -2.58. The number of rotatable bonds is 6. The predicted octanol–water partition coefficient (Wildman–Crippen LogP) is -0.348. The van der Waals surface area contributed by atoms with Crippen molar-refractivity contribution < 1.29 is 24.6 Å². The molecular weight excluding hydrogens is 256 g/mol. The van der Waals surface area contributed by atoms with Gasteiger partial charge < -0.3 is 20.4 Å². The molecule has 0 fully saturated rings. The smallest absolute Gasteiger partial charge is 0.323 e. The van der Waals surface area contributed by atoms with Gasteiger partial charge in [0.1, 0.15) is 13.1 Å². The molecule has 9 nitrogen and oxygen atoms in total. The van der Waals surface area contributed by atoms with Crippen molar-refractivity contribution in [1.29, 1.82) is 0 Å². The van der Waals surface area contributed by atoms with Crippen molar-refractivity contribution in [3.8, 4) is 0 Å². The molecular formula is C10H14N4O5. The second-order valence-corrected chi connectivity index (χ2v) is 3.85. The summed E-state index contributed by atoms with van der Waals surface area (Å²) < 4.78 is 0. The number of nitrogens with zero attached hydrogens (tertiary/aromatic N) is 2. The third-order valence-corrected chi connectivity index (χ3v) is 2.30. The highest BCUT2D eigenvalue weighted by Crippen LogP contribution is 2.09. The van der Waals surface area contributed by atoms with Gasteiger partial charge in [0.05, 0.1) is 12.2 Å². The number of hydrogen-bond acceptors (Lipinski definition) is 4. The SMILES string of the molecule is CC(NC(=O)N(CC(=O)O)CC(=O)O)c1cn[nH]c1. The molecule has 0 aromatic carbocycles. The number of aliphatic carboxylic acids is 2. The molecule has 9 heteroatoms. The van der Waals surface area contributed by atoms with E-state index in [2.05, 4.69) is 15.5 Å². The van der Waals surface area contributed by atoms with E-state index in [4.69, 9.17) is 10.2 Å². The van der Waals surface area contributed by atoms with Gasteiger partial charge in [0.2, 0.25) is 0 Å². The zero-order chi connectivity index (χ0) is 14.4. The molecule has 0 saturated heterocycles. The van der Waals surface area contributed by atoms with Gasteiger partial charge in [0.25, 0.3) is 0 Å². The van der Waals surface area contributed by atoms with E-state index in [1.807, 2.05) is 0 Å². The molecule has 104 valence electrons. The minimum Gasteiger partial charge on any atom is -0.480 e. The van der Waals surface area contributed by atoms with Gasteiger partial charge in [-0.2, -0.15) is 5.10 Å². The molecule has 1 aromatic heterocycles. The number of carboxylic acid groups (broad SMARTS) is 2. The molecule has 0 bridgehead atoms. The summed E-state index contributed by atoms with van der Waals surface area (Å²) >= 11 is 0. The molecule has 0 aliphatic heterocycles. The maximum Gasteiger partial charge on any atom is 0.323 e. The van der Waals surface area contributed by atoms with Crippen LogP contribution in [0, 0.1) is 0 Å². The van der Waals surface area contributed by atoms with Crippen LogP contribution >= 0.6 is 0 Å². The summed E-state index contributed by atoms with van der Waals surface area (Å²) in [6.45, 7) is 0.301. The van der Waals surface area contributed by atoms with Crippen LogP contribution in [0.5, 0.6) is 0 Å². The number of aromatic amines is 1. The van der Waals surface area contributed by atoms with Crippen LogP contribution in [-0.2, 0) is 9.59 Å². The number of urea groups is 1. The number of nitrogens with one attached hydrogen (secondary N) is 2. The maximum atomic E-state index is 11.8. The van der Waals surface area contributed by atoms with Crippen LogP contribution in [0.25, 0.3) is 0 Å². The number of aromatic nitrogens is 2. The van der Waals surface area contributed by atoms with Gasteiger partial charge in [-0.05, 0) is 6.92 Å². The fraction of sp³-hybridized carbons (Fsp3) is 0.400. The van der Waals surface area contributed by atoms with Crippen molar-refractivity contribution >= 4 is 18.0 Å². The normalized spacial score (nSPS) is 11.6. The molecule has 1 aromatic rings. The van der Waals surface area contributed by atoms with Crippen LogP contribution in [0.3, 0.4) is 0 Å². The Morgan fingerprint density at radius 3 is 2.37 bits per heavy atom. The summed E-state index contributed by atoms with van der Waals surface area (Å²) in [5.74, 6) is -2.57. The van der Waals surface area contributed by atoms with E-state index in [1.54, 1.807) is 13.1 Å². The van der Waals surface area contributed by atoms with E-state index in [0.29, 0.717) is 10.5 Å². The van der Waals surface area contributed by atoms with Gasteiger partial charge >= 0.3 is 18.0 Å². The van der Waals surface area contributed by atoms with E-state index in [9.17, 15) is 14.4 Å². The van der Waals surface area contributed by atoms with Crippen LogP contribution in [-0.4, -0.2) is 56.4 Å². The third kappa shape index (κ3) is 4.66. The Morgan fingerprint density at radius 1 is 1.37 bits per heavy atom. The van der Waals surface area contributed by atoms with Crippen molar-refractivity contribution in [1.82, 2.24) is 20.4 Å². The first kappa shape index (κ1) is 14.5. The van der Waals surface area contributed by atoms with Gasteiger partial charge in [-0.3, -0.25) is 14.7 Å². The second-order valence-electron chi connectivity index (χ2n) is 3.85. The van der Waals surface area contributed by atoms with Crippen molar-refractivity contribution in [3.63, 3.8) is 0 Å². The highest BCUT2D eigenvalue weighted by molar-refractivity contribution is 5.84. The lowest BCUT2D eigenvalue weighted by atomic mass is 10.2. The Labute approximate surface area is 108 Å². The lowest BCUT2D eigenvalue weighted by Gasteiger charge is -2.21. The Balaban J connectivity index is 2.65. The Morgan fingerprint density at radius 2 is 1.95 bits per heavy atom. The average molecular weight is 270 g/mol. The molecule has 0 radical (unpaired) electrons. The molecule has 1 rings (SSSR count). The van der Waals surface area contributed by atoms with Crippen LogP contribution in [0.4, 0.5) is 4.79 Å². The summed E-state index contributed by atoms with van der Waals surface area (Å²) in [5.41, 5.74) is 0.693. The highest BCUT2D eigenvalue weighted by Gasteiger charge is 2.21. The number of carbonyl (C=O) groups excluding carboxylic acids is 1. The first-order valence-electron chi connectivity index (χ1n) is 5.38. The minimum absolute atomic E-state index is 0.420. The molecule has 2 amide bonds. The fourth-order valence-corrected chi connectivity index (χ4v) is 1.38. The van der Waals surface area contributed by atoms with Gasteiger partial charge in [0, 0.05) is 11.8 Å². The average Bonchev–Trinajstić information content (AvgIpc) is 2.79. The van der Waals surface area contributed by atoms with Gasteiger partial charge in [-0.15, -0.1) is 0 Å². The topological polar surface area (TPSA) is 136 Å². The van der Waals surface area contributed by atoms with Gasteiger partial charge in [-0.1, -0.05) is 0 Å². The van der Waals surface area contributed by atoms with E-state index in [-0.39, 0.29) is 0 Å². The quantitative estimate of drug-likeness (QED) is 0.558. The first-order chi connectivity index (χ1) is 8.90. The van der Waals surface area contributed by atoms with Gasteiger partial charge in [0.15, 0.2) is 0 Å². The summed E-state index contributed by atoms with van der Waals surface area (Å²) in [6, 6.07) is -1.19. The highest BCUT2D eigenvalue weighted by atomic mass is 16.4. The number of carboxylic acids is 2. The van der Waals surface area contributed by atoms with E-state index < -0.39 is 37.1 Å². The van der Waals surface area contributed by atoms with Crippen LogP contribution in [0.2, 0.25) is 0 Å². The second kappa shape index (κ2) is 6.38. The number of amides is 2. The van der Waals surface area contributed by atoms with Crippen molar-refractivity contribution in [2.75, 3.05) is 13.1 Å². The summed E-state index contributed by atoms with van der Waals surface area (Å²) in [5, 5.41) is 26.1.